The number of nitrogens with zero attached hydrogens (tertiary/aromatic N) is 2. The van der Waals surface area contributed by atoms with E-state index in [4.69, 9.17) is 0 Å². The van der Waals surface area contributed by atoms with E-state index in [1.165, 1.54) is 0 Å². The van der Waals surface area contributed by atoms with E-state index in [-0.39, 0.29) is 11.6 Å². The predicted molar refractivity (Wildman–Crippen MR) is 75.9 cm³/mol. The monoisotopic (exact) mass is 301 g/mol. The molecule has 1 aromatic rings. The van der Waals surface area contributed by atoms with Crippen molar-refractivity contribution in [3.63, 3.8) is 0 Å². The maximum Gasteiger partial charge on any atom is 0.260 e. The van der Waals surface area contributed by atoms with Crippen molar-refractivity contribution in [3.05, 3.63) is 12.0 Å². The van der Waals surface area contributed by atoms with E-state index in [0.29, 0.717) is 25.2 Å². The molecular weight excluding hydrogens is 278 g/mol. The van der Waals surface area contributed by atoms with Crippen molar-refractivity contribution in [2.45, 2.75) is 63.1 Å². The molecule has 1 saturated carbocycles. The number of aryl methyl sites for hydroxylation is 2. The third-order valence-electron chi connectivity index (χ3n) is 4.03. The summed E-state index contributed by atoms with van der Waals surface area (Å²) in [6.45, 7) is 4.24. The van der Waals surface area contributed by atoms with Crippen LogP contribution in [0.3, 0.4) is 0 Å². The van der Waals surface area contributed by atoms with Gasteiger partial charge in [-0.3, -0.25) is 0 Å². The molecule has 20 heavy (non-hydrogen) atoms. The number of aliphatic hydroxyl groups is 1. The number of hydrogen-bond acceptors (Lipinski definition) is 4. The Morgan fingerprint density at radius 2 is 2.05 bits per heavy atom. The Bertz CT molecular complexity index is 559. The van der Waals surface area contributed by atoms with Gasteiger partial charge in [-0.1, -0.05) is 19.3 Å². The molecule has 0 saturated heterocycles. The number of hydrogen-bond donors (Lipinski definition) is 2. The Labute approximate surface area is 120 Å². The highest BCUT2D eigenvalue weighted by molar-refractivity contribution is 7.89. The first-order valence-corrected chi connectivity index (χ1v) is 8.59. The van der Waals surface area contributed by atoms with E-state index in [0.717, 1.165) is 19.3 Å². The third-order valence-corrected chi connectivity index (χ3v) is 5.48. The molecule has 0 amide bonds. The smallest absolute Gasteiger partial charge is 0.260 e. The maximum absolute atomic E-state index is 12.4. The summed E-state index contributed by atoms with van der Waals surface area (Å²) in [6, 6.07) is 0. The van der Waals surface area contributed by atoms with Crippen LogP contribution < -0.4 is 4.72 Å². The Morgan fingerprint density at radius 1 is 1.40 bits per heavy atom. The van der Waals surface area contributed by atoms with Crippen molar-refractivity contribution in [3.8, 4) is 0 Å². The van der Waals surface area contributed by atoms with Crippen LogP contribution in [0.2, 0.25) is 0 Å². The number of aliphatic hydroxyl groups excluding tert-OH is 1. The number of aromatic nitrogens is 2. The van der Waals surface area contributed by atoms with Crippen molar-refractivity contribution >= 4 is 10.0 Å². The van der Waals surface area contributed by atoms with E-state index in [1.54, 1.807) is 17.7 Å². The van der Waals surface area contributed by atoms with Gasteiger partial charge in [-0.25, -0.2) is 18.1 Å². The Balaban J connectivity index is 2.25. The van der Waals surface area contributed by atoms with Crippen molar-refractivity contribution in [1.29, 1.82) is 0 Å². The minimum atomic E-state index is -3.68. The zero-order valence-electron chi connectivity index (χ0n) is 12.1. The molecule has 1 fully saturated rings. The standard InChI is InChI=1S/C13H23N3O3S/c1-3-16-9-12(14-11(16)2)20(18,19)15-13(10-17)7-5-4-6-8-13/h9,15,17H,3-8,10H2,1-2H3. The van der Waals surface area contributed by atoms with Crippen LogP contribution in [0.5, 0.6) is 0 Å². The largest absolute Gasteiger partial charge is 0.394 e. The molecule has 7 heteroatoms. The zero-order chi connectivity index (χ0) is 14.8. The maximum atomic E-state index is 12.4. The molecule has 0 spiro atoms. The van der Waals surface area contributed by atoms with E-state index in [2.05, 4.69) is 9.71 Å². The summed E-state index contributed by atoms with van der Waals surface area (Å²) in [4.78, 5) is 4.11. The fourth-order valence-corrected chi connectivity index (χ4v) is 4.25. The van der Waals surface area contributed by atoms with Gasteiger partial charge in [0.2, 0.25) is 0 Å². The van der Waals surface area contributed by atoms with Gasteiger partial charge in [0.15, 0.2) is 5.03 Å². The van der Waals surface area contributed by atoms with Crippen molar-refractivity contribution in [2.75, 3.05) is 6.61 Å². The molecule has 1 aromatic heterocycles. The lowest BCUT2D eigenvalue weighted by atomic mass is 9.83. The van der Waals surface area contributed by atoms with Gasteiger partial charge < -0.3 is 9.67 Å². The summed E-state index contributed by atoms with van der Waals surface area (Å²) in [5.74, 6) is 0.676. The molecule has 114 valence electrons. The molecule has 0 bridgehead atoms. The van der Waals surface area contributed by atoms with Crippen LogP contribution >= 0.6 is 0 Å². The molecule has 6 nitrogen and oxygen atoms in total. The van der Waals surface area contributed by atoms with Crippen LogP contribution in [0.4, 0.5) is 0 Å². The molecule has 0 atom stereocenters. The summed E-state index contributed by atoms with van der Waals surface area (Å²) < 4.78 is 29.4. The first kappa shape index (κ1) is 15.5. The average Bonchev–Trinajstić information content (AvgIpc) is 2.81. The van der Waals surface area contributed by atoms with Crippen molar-refractivity contribution < 1.29 is 13.5 Å². The molecule has 2 rings (SSSR count). The van der Waals surface area contributed by atoms with E-state index in [9.17, 15) is 13.5 Å². The van der Waals surface area contributed by atoms with Crippen molar-refractivity contribution in [1.82, 2.24) is 14.3 Å². The van der Waals surface area contributed by atoms with Crippen LogP contribution in [0, 0.1) is 6.92 Å². The van der Waals surface area contributed by atoms with Crippen LogP contribution in [0.1, 0.15) is 44.9 Å². The third kappa shape index (κ3) is 3.05. The van der Waals surface area contributed by atoms with E-state index in [1.807, 2.05) is 6.92 Å². The highest BCUT2D eigenvalue weighted by Gasteiger charge is 2.36. The van der Waals surface area contributed by atoms with E-state index < -0.39 is 15.6 Å². The molecule has 1 aliphatic rings. The number of sulfonamides is 1. The van der Waals surface area contributed by atoms with Gasteiger partial charge in [-0.05, 0) is 26.7 Å². The first-order chi connectivity index (χ1) is 9.42. The van der Waals surface area contributed by atoms with Crippen LogP contribution in [-0.4, -0.2) is 35.2 Å². The Kier molecular flexibility index (Phi) is 4.51. The summed E-state index contributed by atoms with van der Waals surface area (Å²) in [7, 11) is -3.68. The highest BCUT2D eigenvalue weighted by atomic mass is 32.2. The Hall–Kier alpha value is -0.920. The lowest BCUT2D eigenvalue weighted by Gasteiger charge is -2.35. The fraction of sp³-hybridized carbons (Fsp3) is 0.769. The molecule has 0 aliphatic heterocycles. The van der Waals surface area contributed by atoms with Gasteiger partial charge in [0.05, 0.1) is 12.1 Å². The lowest BCUT2D eigenvalue weighted by Crippen LogP contribution is -2.52. The second-order valence-corrected chi connectivity index (χ2v) is 7.15. The fourth-order valence-electron chi connectivity index (χ4n) is 2.79. The molecule has 2 N–H and O–H groups in total. The van der Waals surface area contributed by atoms with E-state index >= 15 is 0 Å². The molecular formula is C13H23N3O3S. The summed E-state index contributed by atoms with van der Waals surface area (Å²) in [5, 5.41) is 9.64. The van der Waals surface area contributed by atoms with Gasteiger partial charge in [-0.2, -0.15) is 0 Å². The second-order valence-electron chi connectivity index (χ2n) is 5.52. The molecule has 0 radical (unpaired) electrons. The lowest BCUT2D eigenvalue weighted by molar-refractivity contribution is 0.142. The minimum absolute atomic E-state index is 0.0373. The Morgan fingerprint density at radius 3 is 2.55 bits per heavy atom. The number of rotatable bonds is 5. The zero-order valence-corrected chi connectivity index (χ0v) is 12.9. The quantitative estimate of drug-likeness (QED) is 0.855. The van der Waals surface area contributed by atoms with Gasteiger partial charge in [0.1, 0.15) is 5.82 Å². The van der Waals surface area contributed by atoms with Crippen LogP contribution in [0.15, 0.2) is 11.2 Å². The van der Waals surface area contributed by atoms with Crippen molar-refractivity contribution in [2.24, 2.45) is 0 Å². The van der Waals surface area contributed by atoms with Crippen LogP contribution in [-0.2, 0) is 16.6 Å². The molecule has 0 aromatic carbocycles. The second kappa shape index (κ2) is 5.83. The number of nitrogens with one attached hydrogen (secondary N) is 1. The summed E-state index contributed by atoms with van der Waals surface area (Å²) in [5.41, 5.74) is -0.721. The topological polar surface area (TPSA) is 84.2 Å². The molecule has 0 unspecified atom stereocenters. The number of imidazole rings is 1. The minimum Gasteiger partial charge on any atom is -0.394 e. The normalized spacial score (nSPS) is 19.1. The molecule has 1 heterocycles. The predicted octanol–water partition coefficient (Wildman–Crippen LogP) is 1.18. The first-order valence-electron chi connectivity index (χ1n) is 7.11. The summed E-state index contributed by atoms with van der Waals surface area (Å²) in [6.07, 6.45) is 5.86. The van der Waals surface area contributed by atoms with Gasteiger partial charge in [0.25, 0.3) is 10.0 Å². The van der Waals surface area contributed by atoms with Gasteiger partial charge in [-0.15, -0.1) is 0 Å². The van der Waals surface area contributed by atoms with Crippen LogP contribution in [0.25, 0.3) is 0 Å². The molecule has 1 aliphatic carbocycles. The average molecular weight is 301 g/mol. The SMILES string of the molecule is CCn1cc(S(=O)(=O)NC2(CO)CCCCC2)nc1C. The highest BCUT2D eigenvalue weighted by Crippen LogP contribution is 2.29. The summed E-state index contributed by atoms with van der Waals surface area (Å²) >= 11 is 0. The van der Waals surface area contributed by atoms with Gasteiger partial charge in [0, 0.05) is 12.7 Å². The van der Waals surface area contributed by atoms with Gasteiger partial charge >= 0.3 is 0 Å².